The number of hydrogen-bond acceptors (Lipinski definition) is 7. The zero-order valence-corrected chi connectivity index (χ0v) is 13.4. The van der Waals surface area contributed by atoms with Gasteiger partial charge in [-0.15, -0.1) is 10.2 Å². The highest BCUT2D eigenvalue weighted by Crippen LogP contribution is 2.14. The molecule has 1 unspecified atom stereocenters. The highest BCUT2D eigenvalue weighted by atomic mass is 16.5. The fraction of sp³-hybridized carbons (Fsp3) is 0.400. The number of aromatic nitrogens is 6. The van der Waals surface area contributed by atoms with Crippen molar-refractivity contribution in [3.8, 4) is 11.4 Å². The Balaban J connectivity index is 1.68. The van der Waals surface area contributed by atoms with Gasteiger partial charge in [0.25, 0.3) is 0 Å². The topological polar surface area (TPSA) is 94.6 Å². The Morgan fingerprint density at radius 1 is 1.26 bits per heavy atom. The van der Waals surface area contributed by atoms with Gasteiger partial charge in [0.15, 0.2) is 5.82 Å². The number of tetrazole rings is 1. The summed E-state index contributed by atoms with van der Waals surface area (Å²) < 4.78 is 5.23. The molecule has 0 spiro atoms. The lowest BCUT2D eigenvalue weighted by Crippen LogP contribution is -2.24. The van der Waals surface area contributed by atoms with Crippen molar-refractivity contribution in [2.45, 2.75) is 32.9 Å². The van der Waals surface area contributed by atoms with E-state index >= 15 is 0 Å². The van der Waals surface area contributed by atoms with Gasteiger partial charge in [0.2, 0.25) is 11.7 Å². The Bertz CT molecular complexity index is 762. The molecular formula is C15H19N7O. The molecule has 2 aromatic heterocycles. The number of nitrogens with one attached hydrogen (secondary N) is 1. The predicted octanol–water partition coefficient (Wildman–Crippen LogP) is 1.23. The van der Waals surface area contributed by atoms with E-state index in [1.807, 2.05) is 38.2 Å². The second-order valence-corrected chi connectivity index (χ2v) is 5.51. The molecule has 0 saturated heterocycles. The van der Waals surface area contributed by atoms with E-state index in [4.69, 9.17) is 4.52 Å². The normalized spacial score (nSPS) is 12.5. The summed E-state index contributed by atoms with van der Waals surface area (Å²) in [5, 5.41) is 19.5. The molecule has 3 rings (SSSR count). The molecule has 0 amide bonds. The standard InChI is InChI=1S/C15H19N7O/c1-10-4-6-12(7-5-10)15-18-21-22(19-15)9-14-17-13(20-23-14)8-11(2)16-3/h4-7,11,16H,8-9H2,1-3H3. The van der Waals surface area contributed by atoms with Crippen LogP contribution in [0.25, 0.3) is 11.4 Å². The van der Waals surface area contributed by atoms with Crippen LogP contribution in [0.4, 0.5) is 0 Å². The summed E-state index contributed by atoms with van der Waals surface area (Å²) in [4.78, 5) is 5.79. The van der Waals surface area contributed by atoms with E-state index in [0.29, 0.717) is 30.5 Å². The van der Waals surface area contributed by atoms with Crippen LogP contribution in [0.5, 0.6) is 0 Å². The van der Waals surface area contributed by atoms with Gasteiger partial charge in [0.1, 0.15) is 6.54 Å². The monoisotopic (exact) mass is 313 g/mol. The van der Waals surface area contributed by atoms with Crippen LogP contribution in [0.15, 0.2) is 28.8 Å². The number of rotatable bonds is 6. The number of nitrogens with zero attached hydrogens (tertiary/aromatic N) is 6. The maximum atomic E-state index is 5.23. The van der Waals surface area contributed by atoms with E-state index in [2.05, 4.69) is 37.8 Å². The first-order chi connectivity index (χ1) is 11.1. The Morgan fingerprint density at radius 2 is 2.04 bits per heavy atom. The van der Waals surface area contributed by atoms with Crippen molar-refractivity contribution in [2.75, 3.05) is 7.05 Å². The molecule has 1 N–H and O–H groups in total. The zero-order valence-electron chi connectivity index (χ0n) is 13.4. The first kappa shape index (κ1) is 15.3. The second kappa shape index (κ2) is 6.66. The molecule has 1 aromatic carbocycles. The van der Waals surface area contributed by atoms with Gasteiger partial charge in [-0.1, -0.05) is 35.0 Å². The Kier molecular flexibility index (Phi) is 4.42. The van der Waals surface area contributed by atoms with E-state index in [-0.39, 0.29) is 6.04 Å². The Hall–Kier alpha value is -2.61. The van der Waals surface area contributed by atoms with E-state index in [1.54, 1.807) is 0 Å². The number of likely N-dealkylation sites (N-methyl/N-ethyl adjacent to an activating group) is 1. The highest BCUT2D eigenvalue weighted by molar-refractivity contribution is 5.53. The quantitative estimate of drug-likeness (QED) is 0.731. The third-order valence-electron chi connectivity index (χ3n) is 3.53. The van der Waals surface area contributed by atoms with Gasteiger partial charge >= 0.3 is 0 Å². The van der Waals surface area contributed by atoms with E-state index in [9.17, 15) is 0 Å². The van der Waals surface area contributed by atoms with Crippen molar-refractivity contribution < 1.29 is 4.52 Å². The minimum absolute atomic E-state index is 0.290. The smallest absolute Gasteiger partial charge is 0.250 e. The summed E-state index contributed by atoms with van der Waals surface area (Å²) in [6.07, 6.45) is 0.708. The average Bonchev–Trinajstić information content (AvgIpc) is 3.18. The number of benzene rings is 1. The molecule has 23 heavy (non-hydrogen) atoms. The van der Waals surface area contributed by atoms with Crippen molar-refractivity contribution in [3.63, 3.8) is 0 Å². The van der Waals surface area contributed by atoms with Gasteiger partial charge in [-0.05, 0) is 26.1 Å². The lowest BCUT2D eigenvalue weighted by molar-refractivity contribution is 0.351. The van der Waals surface area contributed by atoms with Crippen molar-refractivity contribution in [1.29, 1.82) is 0 Å². The molecular weight excluding hydrogens is 294 g/mol. The van der Waals surface area contributed by atoms with E-state index in [1.165, 1.54) is 10.4 Å². The Labute approximate surface area is 133 Å². The molecule has 2 heterocycles. The molecule has 0 bridgehead atoms. The van der Waals surface area contributed by atoms with Crippen molar-refractivity contribution in [3.05, 3.63) is 41.5 Å². The molecule has 8 heteroatoms. The molecule has 0 radical (unpaired) electrons. The van der Waals surface area contributed by atoms with Crippen molar-refractivity contribution in [1.82, 2.24) is 35.7 Å². The van der Waals surface area contributed by atoms with Crippen LogP contribution in [-0.2, 0) is 13.0 Å². The van der Waals surface area contributed by atoms with Crippen LogP contribution in [-0.4, -0.2) is 43.4 Å². The summed E-state index contributed by atoms with van der Waals surface area (Å²) in [7, 11) is 1.90. The summed E-state index contributed by atoms with van der Waals surface area (Å²) in [5.41, 5.74) is 2.12. The molecule has 3 aromatic rings. The summed E-state index contributed by atoms with van der Waals surface area (Å²) >= 11 is 0. The molecule has 1 atom stereocenters. The molecule has 0 saturated carbocycles. The Morgan fingerprint density at radius 3 is 2.78 bits per heavy atom. The van der Waals surface area contributed by atoms with Gasteiger partial charge in [0, 0.05) is 18.0 Å². The lowest BCUT2D eigenvalue weighted by atomic mass is 10.1. The summed E-state index contributed by atoms with van der Waals surface area (Å²) in [5.74, 6) is 1.71. The molecule has 8 nitrogen and oxygen atoms in total. The van der Waals surface area contributed by atoms with Gasteiger partial charge in [0.05, 0.1) is 0 Å². The van der Waals surface area contributed by atoms with Crippen LogP contribution in [0.1, 0.15) is 24.2 Å². The van der Waals surface area contributed by atoms with Crippen LogP contribution < -0.4 is 5.32 Å². The minimum Gasteiger partial charge on any atom is -0.337 e. The summed E-state index contributed by atoms with van der Waals surface area (Å²) in [6, 6.07) is 8.27. The molecule has 0 aliphatic carbocycles. The minimum atomic E-state index is 0.290. The van der Waals surface area contributed by atoms with Crippen LogP contribution >= 0.6 is 0 Å². The van der Waals surface area contributed by atoms with E-state index < -0.39 is 0 Å². The predicted molar refractivity (Wildman–Crippen MR) is 83.6 cm³/mol. The van der Waals surface area contributed by atoms with E-state index in [0.717, 1.165) is 5.56 Å². The van der Waals surface area contributed by atoms with Gasteiger partial charge in [-0.25, -0.2) is 0 Å². The lowest BCUT2D eigenvalue weighted by Gasteiger charge is -2.04. The average molecular weight is 313 g/mol. The third-order valence-corrected chi connectivity index (χ3v) is 3.53. The van der Waals surface area contributed by atoms with Crippen LogP contribution in [0, 0.1) is 6.92 Å². The van der Waals surface area contributed by atoms with Crippen LogP contribution in [0.2, 0.25) is 0 Å². The van der Waals surface area contributed by atoms with Gasteiger partial charge < -0.3 is 9.84 Å². The largest absolute Gasteiger partial charge is 0.337 e. The molecule has 0 aliphatic heterocycles. The fourth-order valence-electron chi connectivity index (χ4n) is 2.06. The fourth-order valence-corrected chi connectivity index (χ4v) is 2.06. The van der Waals surface area contributed by atoms with Gasteiger partial charge in [-0.2, -0.15) is 9.78 Å². The van der Waals surface area contributed by atoms with Crippen LogP contribution in [0.3, 0.4) is 0 Å². The highest BCUT2D eigenvalue weighted by Gasteiger charge is 2.12. The number of aryl methyl sites for hydroxylation is 1. The maximum absolute atomic E-state index is 5.23. The zero-order chi connectivity index (χ0) is 16.2. The SMILES string of the molecule is CNC(C)Cc1noc(Cn2nnc(-c3ccc(C)cc3)n2)n1. The number of hydrogen-bond donors (Lipinski definition) is 1. The molecule has 0 aliphatic rings. The third kappa shape index (κ3) is 3.78. The second-order valence-electron chi connectivity index (χ2n) is 5.51. The van der Waals surface area contributed by atoms with Crippen molar-refractivity contribution in [2.24, 2.45) is 0 Å². The summed E-state index contributed by atoms with van der Waals surface area (Å²) in [6.45, 7) is 4.40. The first-order valence-corrected chi connectivity index (χ1v) is 7.47. The van der Waals surface area contributed by atoms with Crippen molar-refractivity contribution >= 4 is 0 Å². The van der Waals surface area contributed by atoms with Gasteiger partial charge in [-0.3, -0.25) is 0 Å². The molecule has 120 valence electrons. The molecule has 0 fully saturated rings. The first-order valence-electron chi connectivity index (χ1n) is 7.47. The maximum Gasteiger partial charge on any atom is 0.250 e.